The summed E-state index contributed by atoms with van der Waals surface area (Å²) in [5, 5.41) is 0. The van der Waals surface area contributed by atoms with E-state index in [2.05, 4.69) is 15.9 Å². The molecule has 0 aliphatic rings. The molecule has 1 rings (SSSR count). The molecule has 0 amide bonds. The maximum atomic E-state index is 13.8. The Kier molecular flexibility index (Phi) is 4.67. The molecule has 0 aliphatic heterocycles. The van der Waals surface area contributed by atoms with Crippen molar-refractivity contribution < 1.29 is 8.78 Å². The van der Waals surface area contributed by atoms with Crippen LogP contribution in [0.3, 0.4) is 0 Å². The third-order valence-electron chi connectivity index (χ3n) is 3.48. The third kappa shape index (κ3) is 3.26. The predicted octanol–water partition coefficient (Wildman–Crippen LogP) is 4.03. The molecule has 0 bridgehead atoms. The molecular formula is C13H18BrF2N. The molecule has 0 saturated carbocycles. The zero-order valence-corrected chi connectivity index (χ0v) is 11.9. The molecule has 4 heteroatoms. The van der Waals surface area contributed by atoms with E-state index in [9.17, 15) is 8.78 Å². The quantitative estimate of drug-likeness (QED) is 0.835. The normalized spacial score (nSPS) is 13.8. The lowest BCUT2D eigenvalue weighted by atomic mass is 9.79. The minimum atomic E-state index is -0.549. The lowest BCUT2D eigenvalue weighted by Crippen LogP contribution is -2.39. The van der Waals surface area contributed by atoms with Crippen LogP contribution >= 0.6 is 15.9 Å². The van der Waals surface area contributed by atoms with Crippen molar-refractivity contribution in [2.24, 2.45) is 11.1 Å². The second-order valence-electron chi connectivity index (χ2n) is 4.97. The molecule has 0 aromatic heterocycles. The molecule has 0 heterocycles. The summed E-state index contributed by atoms with van der Waals surface area (Å²) in [5.41, 5.74) is 5.96. The van der Waals surface area contributed by atoms with E-state index in [-0.39, 0.29) is 27.9 Å². The summed E-state index contributed by atoms with van der Waals surface area (Å²) in [5.74, 6) is -1.08. The largest absolute Gasteiger partial charge is 0.327 e. The van der Waals surface area contributed by atoms with Gasteiger partial charge < -0.3 is 5.73 Å². The number of rotatable bonds is 4. The van der Waals surface area contributed by atoms with Gasteiger partial charge in [-0.15, -0.1) is 0 Å². The van der Waals surface area contributed by atoms with E-state index in [1.54, 1.807) is 0 Å². The molecule has 96 valence electrons. The van der Waals surface area contributed by atoms with Gasteiger partial charge in [0.2, 0.25) is 0 Å². The highest BCUT2D eigenvalue weighted by Crippen LogP contribution is 2.29. The van der Waals surface area contributed by atoms with Gasteiger partial charge >= 0.3 is 0 Å². The minimum Gasteiger partial charge on any atom is -0.327 e. The first kappa shape index (κ1) is 14.6. The van der Waals surface area contributed by atoms with Crippen molar-refractivity contribution >= 4 is 15.9 Å². The number of hydrogen-bond acceptors (Lipinski definition) is 1. The van der Waals surface area contributed by atoms with E-state index >= 15 is 0 Å². The molecule has 1 nitrogen and oxygen atoms in total. The van der Waals surface area contributed by atoms with Gasteiger partial charge in [0.1, 0.15) is 11.6 Å². The molecule has 0 saturated heterocycles. The van der Waals surface area contributed by atoms with Crippen LogP contribution in [0.15, 0.2) is 16.6 Å². The van der Waals surface area contributed by atoms with Crippen LogP contribution in [0.5, 0.6) is 0 Å². The van der Waals surface area contributed by atoms with Crippen LogP contribution in [-0.2, 0) is 6.42 Å². The molecule has 2 N–H and O–H groups in total. The Morgan fingerprint density at radius 3 is 2.47 bits per heavy atom. The summed E-state index contributed by atoms with van der Waals surface area (Å²) >= 11 is 3.06. The van der Waals surface area contributed by atoms with Crippen LogP contribution in [0.25, 0.3) is 0 Å². The molecule has 0 fully saturated rings. The summed E-state index contributed by atoms with van der Waals surface area (Å²) < 4.78 is 27.6. The van der Waals surface area contributed by atoms with E-state index in [0.717, 1.165) is 6.42 Å². The van der Waals surface area contributed by atoms with Crippen molar-refractivity contribution in [3.63, 3.8) is 0 Å². The maximum absolute atomic E-state index is 13.8. The van der Waals surface area contributed by atoms with Crippen LogP contribution in [0, 0.1) is 17.0 Å². The summed E-state index contributed by atoms with van der Waals surface area (Å²) in [6.45, 7) is 6.03. The topological polar surface area (TPSA) is 26.0 Å². The van der Waals surface area contributed by atoms with Gasteiger partial charge in [0.05, 0.1) is 4.47 Å². The molecule has 0 aliphatic carbocycles. The van der Waals surface area contributed by atoms with Gasteiger partial charge in [-0.25, -0.2) is 8.78 Å². The lowest BCUT2D eigenvalue weighted by molar-refractivity contribution is 0.269. The Labute approximate surface area is 110 Å². The van der Waals surface area contributed by atoms with Crippen LogP contribution in [-0.4, -0.2) is 6.04 Å². The van der Waals surface area contributed by atoms with Crippen molar-refractivity contribution in [3.8, 4) is 0 Å². The third-order valence-corrected chi connectivity index (χ3v) is 4.09. The summed E-state index contributed by atoms with van der Waals surface area (Å²) in [6.07, 6.45) is 1.07. The monoisotopic (exact) mass is 305 g/mol. The Bertz CT molecular complexity index is 405. The van der Waals surface area contributed by atoms with E-state index in [1.807, 2.05) is 20.8 Å². The first-order chi connectivity index (χ1) is 7.79. The first-order valence-electron chi connectivity index (χ1n) is 5.67. The Hall–Kier alpha value is -0.480. The molecule has 1 unspecified atom stereocenters. The zero-order valence-electron chi connectivity index (χ0n) is 10.4. The zero-order chi connectivity index (χ0) is 13.2. The smallest absolute Gasteiger partial charge is 0.143 e. The van der Waals surface area contributed by atoms with Gasteiger partial charge in [0.25, 0.3) is 0 Å². The second kappa shape index (κ2) is 5.44. The van der Waals surface area contributed by atoms with E-state index in [1.165, 1.54) is 12.1 Å². The Morgan fingerprint density at radius 2 is 1.94 bits per heavy atom. The fourth-order valence-corrected chi connectivity index (χ4v) is 1.89. The predicted molar refractivity (Wildman–Crippen MR) is 69.8 cm³/mol. The fourth-order valence-electron chi connectivity index (χ4n) is 1.51. The van der Waals surface area contributed by atoms with Gasteiger partial charge in [-0.1, -0.05) is 20.8 Å². The molecule has 1 aromatic carbocycles. The van der Waals surface area contributed by atoms with Gasteiger partial charge in [0.15, 0.2) is 0 Å². The number of hydrogen-bond donors (Lipinski definition) is 1. The molecule has 17 heavy (non-hydrogen) atoms. The second-order valence-corrected chi connectivity index (χ2v) is 5.83. The number of benzene rings is 1. The highest BCUT2D eigenvalue weighted by Gasteiger charge is 2.26. The van der Waals surface area contributed by atoms with Crippen LogP contribution in [0.2, 0.25) is 0 Å². The van der Waals surface area contributed by atoms with E-state index in [4.69, 9.17) is 5.73 Å². The minimum absolute atomic E-state index is 0.0633. The SMILES string of the molecule is CCC(C)(C)C(N)Cc1c(F)ccc(Br)c1F. The fraction of sp³-hybridized carbons (Fsp3) is 0.538. The number of nitrogens with two attached hydrogens (primary N) is 1. The van der Waals surface area contributed by atoms with Crippen molar-refractivity contribution in [3.05, 3.63) is 33.8 Å². The van der Waals surface area contributed by atoms with E-state index in [0.29, 0.717) is 0 Å². The molecule has 0 spiro atoms. The molecule has 1 aromatic rings. The lowest BCUT2D eigenvalue weighted by Gasteiger charge is -2.30. The van der Waals surface area contributed by atoms with E-state index < -0.39 is 11.6 Å². The first-order valence-corrected chi connectivity index (χ1v) is 6.47. The average Bonchev–Trinajstić information content (AvgIpc) is 2.29. The maximum Gasteiger partial charge on any atom is 0.143 e. The van der Waals surface area contributed by atoms with Gasteiger partial charge in [-0.3, -0.25) is 0 Å². The van der Waals surface area contributed by atoms with Crippen molar-refractivity contribution in [2.75, 3.05) is 0 Å². The highest BCUT2D eigenvalue weighted by atomic mass is 79.9. The summed E-state index contributed by atoms with van der Waals surface area (Å²) in [7, 11) is 0. The Morgan fingerprint density at radius 1 is 1.35 bits per heavy atom. The molecule has 1 atom stereocenters. The van der Waals surface area contributed by atoms with Crippen LogP contribution in [0.4, 0.5) is 8.78 Å². The van der Waals surface area contributed by atoms with Crippen molar-refractivity contribution in [1.29, 1.82) is 0 Å². The van der Waals surface area contributed by atoms with Crippen molar-refractivity contribution in [1.82, 2.24) is 0 Å². The Balaban J connectivity index is 3.00. The standard InChI is InChI=1S/C13H18BrF2N/c1-4-13(2,3)11(17)7-8-10(15)6-5-9(14)12(8)16/h5-6,11H,4,7,17H2,1-3H3. The van der Waals surface area contributed by atoms with Gasteiger partial charge in [-0.2, -0.15) is 0 Å². The molecule has 0 radical (unpaired) electrons. The highest BCUT2D eigenvalue weighted by molar-refractivity contribution is 9.10. The summed E-state index contributed by atoms with van der Waals surface area (Å²) in [6, 6.07) is 2.35. The van der Waals surface area contributed by atoms with Crippen LogP contribution < -0.4 is 5.73 Å². The van der Waals surface area contributed by atoms with Crippen molar-refractivity contribution in [2.45, 2.75) is 39.7 Å². The molecular weight excluding hydrogens is 288 g/mol. The number of halogens is 3. The summed E-state index contributed by atoms with van der Waals surface area (Å²) in [4.78, 5) is 0. The van der Waals surface area contributed by atoms with Gasteiger partial charge in [0, 0.05) is 11.6 Å². The van der Waals surface area contributed by atoms with Gasteiger partial charge in [-0.05, 0) is 46.3 Å². The average molecular weight is 306 g/mol. The van der Waals surface area contributed by atoms with Crippen LogP contribution in [0.1, 0.15) is 32.8 Å².